The quantitative estimate of drug-likeness (QED) is 0.389. The smallest absolute Gasteiger partial charge is 0.400 e. The first-order valence-corrected chi connectivity index (χ1v) is 7.14. The minimum atomic E-state index is -0.472. The van der Waals surface area contributed by atoms with Crippen molar-refractivity contribution in [2.45, 2.75) is 5.33 Å². The molecular formula is C15H10BrNO3. The van der Waals surface area contributed by atoms with E-state index in [9.17, 15) is 10.1 Å². The van der Waals surface area contributed by atoms with E-state index in [1.807, 2.05) is 36.4 Å². The summed E-state index contributed by atoms with van der Waals surface area (Å²) in [6.07, 6.45) is 0. The zero-order valence-corrected chi connectivity index (χ0v) is 12.0. The van der Waals surface area contributed by atoms with Crippen molar-refractivity contribution in [2.75, 3.05) is 0 Å². The maximum atomic E-state index is 11.3. The molecule has 0 aliphatic rings. The van der Waals surface area contributed by atoms with E-state index in [1.165, 1.54) is 0 Å². The highest BCUT2D eigenvalue weighted by molar-refractivity contribution is 9.08. The van der Waals surface area contributed by atoms with E-state index in [4.69, 9.17) is 4.42 Å². The Morgan fingerprint density at radius 2 is 1.80 bits per heavy atom. The van der Waals surface area contributed by atoms with Crippen LogP contribution in [-0.4, -0.2) is 4.92 Å². The van der Waals surface area contributed by atoms with E-state index in [-0.39, 0.29) is 5.88 Å². The first-order valence-electron chi connectivity index (χ1n) is 6.02. The molecule has 0 amide bonds. The van der Waals surface area contributed by atoms with Gasteiger partial charge in [0.15, 0.2) is 0 Å². The van der Waals surface area contributed by atoms with Crippen molar-refractivity contribution >= 4 is 32.8 Å². The average Bonchev–Trinajstić information content (AvgIpc) is 2.86. The van der Waals surface area contributed by atoms with E-state index >= 15 is 0 Å². The summed E-state index contributed by atoms with van der Waals surface area (Å²) >= 11 is 3.42. The van der Waals surface area contributed by atoms with Gasteiger partial charge >= 0.3 is 5.88 Å². The first kappa shape index (κ1) is 12.9. The number of para-hydroxylation sites is 1. The van der Waals surface area contributed by atoms with E-state index in [0.717, 1.165) is 16.5 Å². The number of hydrogen-bond acceptors (Lipinski definition) is 3. The van der Waals surface area contributed by atoms with E-state index < -0.39 is 4.92 Å². The van der Waals surface area contributed by atoms with Crippen LogP contribution in [0.1, 0.15) is 5.56 Å². The van der Waals surface area contributed by atoms with Crippen LogP contribution in [0.15, 0.2) is 52.9 Å². The van der Waals surface area contributed by atoms with Crippen molar-refractivity contribution in [3.8, 4) is 11.1 Å². The first-order chi connectivity index (χ1) is 9.72. The molecule has 0 saturated carbocycles. The summed E-state index contributed by atoms with van der Waals surface area (Å²) in [6, 6.07) is 14.8. The number of benzene rings is 2. The fourth-order valence-electron chi connectivity index (χ4n) is 2.30. The Labute approximate surface area is 123 Å². The minimum absolute atomic E-state index is 0.209. The molecule has 0 atom stereocenters. The third kappa shape index (κ3) is 2.00. The Bertz CT molecular complexity index is 795. The van der Waals surface area contributed by atoms with Gasteiger partial charge in [0.05, 0.1) is 0 Å². The number of fused-ring (bicyclic) bond motifs is 1. The number of nitro groups is 1. The van der Waals surface area contributed by atoms with Crippen molar-refractivity contribution in [1.29, 1.82) is 0 Å². The summed E-state index contributed by atoms with van der Waals surface area (Å²) in [7, 11) is 0. The van der Waals surface area contributed by atoms with Crippen LogP contribution < -0.4 is 0 Å². The summed E-state index contributed by atoms with van der Waals surface area (Å²) in [5.41, 5.74) is 2.88. The number of alkyl halides is 1. The number of nitrogens with zero attached hydrogens (tertiary/aromatic N) is 1. The molecule has 3 aromatic rings. The Kier molecular flexibility index (Phi) is 3.28. The number of halogens is 1. The lowest BCUT2D eigenvalue weighted by Crippen LogP contribution is -1.91. The van der Waals surface area contributed by atoms with Crippen LogP contribution in [0.2, 0.25) is 0 Å². The second-order valence-corrected chi connectivity index (χ2v) is 4.89. The molecule has 0 aliphatic heterocycles. The van der Waals surface area contributed by atoms with Gasteiger partial charge in [0.25, 0.3) is 0 Å². The number of hydrogen-bond donors (Lipinski definition) is 0. The highest BCUT2D eigenvalue weighted by Crippen LogP contribution is 2.41. The van der Waals surface area contributed by atoms with Crippen LogP contribution in [0.5, 0.6) is 0 Å². The summed E-state index contributed by atoms with van der Waals surface area (Å²) in [5.74, 6) is -0.209. The highest BCUT2D eigenvalue weighted by Gasteiger charge is 2.26. The van der Waals surface area contributed by atoms with Gasteiger partial charge in [-0.15, -0.1) is 0 Å². The summed E-state index contributed by atoms with van der Waals surface area (Å²) in [6.45, 7) is 0. The Morgan fingerprint density at radius 1 is 1.10 bits per heavy atom. The molecule has 0 saturated heterocycles. The molecule has 1 heterocycles. The molecule has 0 unspecified atom stereocenters. The van der Waals surface area contributed by atoms with Gasteiger partial charge in [-0.1, -0.05) is 58.4 Å². The number of furan rings is 1. The molecule has 0 spiro atoms. The molecule has 0 fully saturated rings. The fourth-order valence-corrected chi connectivity index (χ4v) is 2.79. The molecule has 20 heavy (non-hydrogen) atoms. The van der Waals surface area contributed by atoms with Crippen molar-refractivity contribution in [1.82, 2.24) is 0 Å². The lowest BCUT2D eigenvalue weighted by atomic mass is 9.99. The van der Waals surface area contributed by atoms with Crippen molar-refractivity contribution in [2.24, 2.45) is 0 Å². The normalized spacial score (nSPS) is 10.8. The summed E-state index contributed by atoms with van der Waals surface area (Å²) in [4.78, 5) is 10.8. The van der Waals surface area contributed by atoms with Gasteiger partial charge in [-0.3, -0.25) is 10.1 Å². The average molecular weight is 332 g/mol. The Hall–Kier alpha value is -2.14. The van der Waals surface area contributed by atoms with Crippen LogP contribution in [0.4, 0.5) is 5.88 Å². The standard InChI is InChI=1S/C15H10BrNO3/c16-9-10-5-1-2-6-11(10)14-12-7-3-4-8-13(12)20-15(14)17(18)19/h1-8H,9H2. The van der Waals surface area contributed by atoms with Crippen molar-refractivity contribution < 1.29 is 9.34 Å². The van der Waals surface area contributed by atoms with Crippen LogP contribution in [0.3, 0.4) is 0 Å². The van der Waals surface area contributed by atoms with E-state index in [1.54, 1.807) is 12.1 Å². The zero-order valence-electron chi connectivity index (χ0n) is 10.4. The molecule has 100 valence electrons. The van der Waals surface area contributed by atoms with Gasteiger partial charge in [-0.05, 0) is 17.2 Å². The second-order valence-electron chi connectivity index (χ2n) is 4.33. The third-order valence-corrected chi connectivity index (χ3v) is 3.78. The lowest BCUT2D eigenvalue weighted by Gasteiger charge is -2.04. The lowest BCUT2D eigenvalue weighted by molar-refractivity contribution is -0.400. The maximum absolute atomic E-state index is 11.3. The molecule has 0 radical (unpaired) electrons. The van der Waals surface area contributed by atoms with Gasteiger partial charge in [0.2, 0.25) is 0 Å². The van der Waals surface area contributed by atoms with Crippen LogP contribution in [0, 0.1) is 10.1 Å². The van der Waals surface area contributed by atoms with Crippen LogP contribution >= 0.6 is 15.9 Å². The van der Waals surface area contributed by atoms with Gasteiger partial charge in [0.1, 0.15) is 16.1 Å². The SMILES string of the molecule is O=[N+]([O-])c1oc2ccccc2c1-c1ccccc1CBr. The molecule has 4 nitrogen and oxygen atoms in total. The zero-order chi connectivity index (χ0) is 14.1. The predicted molar refractivity (Wildman–Crippen MR) is 80.9 cm³/mol. The molecule has 0 N–H and O–H groups in total. The topological polar surface area (TPSA) is 56.3 Å². The van der Waals surface area contributed by atoms with Crippen LogP contribution in [0.25, 0.3) is 22.1 Å². The maximum Gasteiger partial charge on any atom is 0.442 e. The van der Waals surface area contributed by atoms with Crippen molar-refractivity contribution in [3.63, 3.8) is 0 Å². The molecule has 0 bridgehead atoms. The molecule has 5 heteroatoms. The van der Waals surface area contributed by atoms with Gasteiger partial charge in [-0.2, -0.15) is 0 Å². The largest absolute Gasteiger partial charge is 0.442 e. The Balaban J connectivity index is 2.39. The molecule has 1 aromatic heterocycles. The van der Waals surface area contributed by atoms with E-state index in [0.29, 0.717) is 16.5 Å². The Morgan fingerprint density at radius 3 is 2.55 bits per heavy atom. The molecular weight excluding hydrogens is 322 g/mol. The minimum Gasteiger partial charge on any atom is -0.400 e. The van der Waals surface area contributed by atoms with Gasteiger partial charge in [0, 0.05) is 10.7 Å². The number of rotatable bonds is 3. The van der Waals surface area contributed by atoms with Gasteiger partial charge < -0.3 is 4.42 Å². The third-order valence-electron chi connectivity index (χ3n) is 3.17. The molecule has 3 rings (SSSR count). The summed E-state index contributed by atoms with van der Waals surface area (Å²) < 4.78 is 5.40. The second kappa shape index (κ2) is 5.09. The van der Waals surface area contributed by atoms with Gasteiger partial charge in [-0.25, -0.2) is 0 Å². The van der Waals surface area contributed by atoms with Crippen molar-refractivity contribution in [3.05, 3.63) is 64.2 Å². The monoisotopic (exact) mass is 331 g/mol. The molecule has 0 aliphatic carbocycles. The summed E-state index contributed by atoms with van der Waals surface area (Å²) in [5, 5.41) is 12.6. The van der Waals surface area contributed by atoms with Crippen LogP contribution in [-0.2, 0) is 5.33 Å². The predicted octanol–water partition coefficient (Wildman–Crippen LogP) is 4.90. The van der Waals surface area contributed by atoms with E-state index in [2.05, 4.69) is 15.9 Å². The highest BCUT2D eigenvalue weighted by atomic mass is 79.9. The fraction of sp³-hybridized carbons (Fsp3) is 0.0667. The molecule has 2 aromatic carbocycles.